The van der Waals surface area contributed by atoms with E-state index in [-0.39, 0.29) is 35.2 Å². The van der Waals surface area contributed by atoms with Crippen LogP contribution >= 0.6 is 12.4 Å². The van der Waals surface area contributed by atoms with Crippen LogP contribution in [-0.4, -0.2) is 53.0 Å². The minimum absolute atomic E-state index is 0. The zero-order chi connectivity index (χ0) is 23.1. The molecule has 1 amide bonds. The van der Waals surface area contributed by atoms with Gasteiger partial charge in [-0.2, -0.15) is 0 Å². The lowest BCUT2D eigenvalue weighted by molar-refractivity contribution is -0.137. The third-order valence-corrected chi connectivity index (χ3v) is 10.5. The quantitative estimate of drug-likeness (QED) is 0.619. The first kappa shape index (κ1) is 23.4. The summed E-state index contributed by atoms with van der Waals surface area (Å²) in [5, 5.41) is 10.5. The standard InChI is InChI=1S/C30H36N2O2.ClH/c1-31(28(34)21-5-3-2-4-6-21)26-18-29-13-14-32(19-20-7-8-20)27-12-10-23(26)17-30(27,29)16-22-9-11-24(33)15-25(22)29;/h2-6,9,11,15,20,23,26-27,33H,7-8,10,12-14,16-19H2,1H3;1H/t23-,26-,27+,29-,30-;/m1./s1. The number of hydrogen-bond acceptors (Lipinski definition) is 3. The van der Waals surface area contributed by atoms with Crippen LogP contribution in [0.2, 0.25) is 0 Å². The summed E-state index contributed by atoms with van der Waals surface area (Å²) in [7, 11) is 2.04. The largest absolute Gasteiger partial charge is 0.508 e. The van der Waals surface area contributed by atoms with Gasteiger partial charge >= 0.3 is 0 Å². The number of piperidine rings is 1. The number of amides is 1. The van der Waals surface area contributed by atoms with Gasteiger partial charge in [-0.3, -0.25) is 9.69 Å². The number of likely N-dealkylation sites (tertiary alicyclic amines) is 1. The minimum Gasteiger partial charge on any atom is -0.508 e. The van der Waals surface area contributed by atoms with Crippen molar-refractivity contribution in [3.05, 3.63) is 65.2 Å². The molecule has 2 aromatic carbocycles. The Morgan fingerprint density at radius 3 is 2.66 bits per heavy atom. The van der Waals surface area contributed by atoms with Crippen molar-refractivity contribution in [2.24, 2.45) is 17.3 Å². The Kier molecular flexibility index (Phi) is 5.50. The fourth-order valence-corrected chi connectivity index (χ4v) is 8.91. The number of carbonyl (C=O) groups is 1. The van der Waals surface area contributed by atoms with E-state index in [2.05, 4.69) is 21.9 Å². The fourth-order valence-electron chi connectivity index (χ4n) is 8.91. The lowest BCUT2D eigenvalue weighted by Gasteiger charge is -2.67. The molecule has 5 aliphatic rings. The average molecular weight is 493 g/mol. The SMILES string of the molecule is CN(C(=O)c1ccccc1)[C@@H]1C[C@@]23CCN(CC4CC4)[C@H]4CC[C@@H]1C[C@]42Cc1ccc(O)cc13.Cl. The number of aromatic hydroxyl groups is 1. The molecule has 7 rings (SSSR count). The molecule has 1 N–H and O–H groups in total. The van der Waals surface area contributed by atoms with Gasteiger partial charge in [0.15, 0.2) is 0 Å². The van der Waals surface area contributed by atoms with E-state index in [0.717, 1.165) is 37.3 Å². The van der Waals surface area contributed by atoms with Crippen LogP contribution in [0.4, 0.5) is 0 Å². The lowest BCUT2D eigenvalue weighted by atomic mass is 9.44. The summed E-state index contributed by atoms with van der Waals surface area (Å²) in [5.74, 6) is 2.02. The molecule has 1 heterocycles. The van der Waals surface area contributed by atoms with Crippen LogP contribution in [-0.2, 0) is 11.8 Å². The van der Waals surface area contributed by atoms with Crippen molar-refractivity contribution in [3.8, 4) is 5.75 Å². The van der Waals surface area contributed by atoms with Crippen molar-refractivity contribution in [2.45, 2.75) is 68.9 Å². The highest BCUT2D eigenvalue weighted by atomic mass is 35.5. The number of benzene rings is 2. The maximum Gasteiger partial charge on any atom is 0.253 e. The topological polar surface area (TPSA) is 43.8 Å². The Balaban J connectivity index is 0.00000229. The number of halogens is 1. The molecule has 5 atom stereocenters. The molecule has 4 fully saturated rings. The van der Waals surface area contributed by atoms with Gasteiger partial charge in [0.05, 0.1) is 0 Å². The van der Waals surface area contributed by atoms with E-state index in [1.54, 1.807) is 0 Å². The van der Waals surface area contributed by atoms with E-state index in [0.29, 0.717) is 17.7 Å². The Bertz CT molecular complexity index is 1130. The van der Waals surface area contributed by atoms with Gasteiger partial charge in [-0.25, -0.2) is 0 Å². The predicted molar refractivity (Wildman–Crippen MR) is 140 cm³/mol. The smallest absolute Gasteiger partial charge is 0.253 e. The van der Waals surface area contributed by atoms with Crippen molar-refractivity contribution < 1.29 is 9.90 Å². The highest BCUT2D eigenvalue weighted by Gasteiger charge is 2.69. The van der Waals surface area contributed by atoms with E-state index in [9.17, 15) is 9.90 Å². The fraction of sp³-hybridized carbons (Fsp3) is 0.567. The molecule has 2 aromatic rings. The number of fused-ring (bicyclic) bond motifs is 2. The Labute approximate surface area is 215 Å². The molecule has 3 saturated carbocycles. The van der Waals surface area contributed by atoms with Gasteiger partial charge in [0.2, 0.25) is 0 Å². The third-order valence-electron chi connectivity index (χ3n) is 10.5. The minimum atomic E-state index is 0. The molecule has 2 bridgehead atoms. The predicted octanol–water partition coefficient (Wildman–Crippen LogP) is 5.42. The van der Waals surface area contributed by atoms with Crippen LogP contribution < -0.4 is 0 Å². The zero-order valence-electron chi connectivity index (χ0n) is 20.7. The first-order valence-electron chi connectivity index (χ1n) is 13.4. The molecule has 5 heteroatoms. The maximum absolute atomic E-state index is 13.5. The van der Waals surface area contributed by atoms with Crippen LogP contribution in [0, 0.1) is 17.3 Å². The molecule has 35 heavy (non-hydrogen) atoms. The third kappa shape index (κ3) is 3.32. The zero-order valence-corrected chi connectivity index (χ0v) is 21.5. The Hall–Kier alpha value is -2.04. The average Bonchev–Trinajstić information content (AvgIpc) is 3.64. The maximum atomic E-state index is 13.5. The highest BCUT2D eigenvalue weighted by Crippen LogP contribution is 2.70. The Morgan fingerprint density at radius 1 is 1.09 bits per heavy atom. The van der Waals surface area contributed by atoms with Gasteiger partial charge in [-0.1, -0.05) is 24.3 Å². The first-order valence-corrected chi connectivity index (χ1v) is 13.4. The normalized spacial score (nSPS) is 34.9. The molecule has 1 saturated heterocycles. The van der Waals surface area contributed by atoms with Crippen LogP contribution in [0.1, 0.15) is 66.4 Å². The summed E-state index contributed by atoms with van der Waals surface area (Å²) in [4.78, 5) is 18.5. The van der Waals surface area contributed by atoms with Crippen molar-refractivity contribution in [2.75, 3.05) is 20.1 Å². The summed E-state index contributed by atoms with van der Waals surface area (Å²) in [6.07, 6.45) is 9.85. The van der Waals surface area contributed by atoms with Crippen molar-refractivity contribution >= 4 is 18.3 Å². The van der Waals surface area contributed by atoms with E-state index in [4.69, 9.17) is 0 Å². The molecule has 0 aromatic heterocycles. The molecule has 1 spiro atoms. The molecule has 4 aliphatic carbocycles. The number of phenols is 1. The first-order chi connectivity index (χ1) is 16.5. The summed E-state index contributed by atoms with van der Waals surface area (Å²) in [5.41, 5.74) is 3.96. The van der Waals surface area contributed by atoms with Gasteiger partial charge < -0.3 is 10.0 Å². The number of rotatable bonds is 4. The summed E-state index contributed by atoms with van der Waals surface area (Å²) < 4.78 is 0. The lowest BCUT2D eigenvalue weighted by Crippen LogP contribution is -2.70. The van der Waals surface area contributed by atoms with Gasteiger partial charge in [-0.05, 0) is 105 Å². The molecule has 1 aliphatic heterocycles. The molecule has 0 radical (unpaired) electrons. The summed E-state index contributed by atoms with van der Waals surface area (Å²) in [6, 6.07) is 16.9. The van der Waals surface area contributed by atoms with Crippen molar-refractivity contribution in [1.29, 1.82) is 0 Å². The molecular formula is C30H37ClN2O2. The molecule has 186 valence electrons. The molecular weight excluding hydrogens is 456 g/mol. The van der Waals surface area contributed by atoms with E-state index < -0.39 is 0 Å². The van der Waals surface area contributed by atoms with Crippen LogP contribution in [0.5, 0.6) is 5.75 Å². The summed E-state index contributed by atoms with van der Waals surface area (Å²) >= 11 is 0. The monoisotopic (exact) mass is 492 g/mol. The number of nitrogens with zero attached hydrogens (tertiary/aromatic N) is 2. The van der Waals surface area contributed by atoms with Gasteiger partial charge in [0, 0.05) is 42.1 Å². The second-order valence-corrected chi connectivity index (χ2v) is 12.1. The molecule has 4 nitrogen and oxygen atoms in total. The Morgan fingerprint density at radius 2 is 1.89 bits per heavy atom. The number of hydrogen-bond donors (Lipinski definition) is 1. The molecule has 0 unspecified atom stereocenters. The number of phenolic OH excluding ortho intramolecular Hbond substituents is 1. The van der Waals surface area contributed by atoms with E-state index in [1.165, 1.54) is 49.8 Å². The van der Waals surface area contributed by atoms with Gasteiger partial charge in [0.25, 0.3) is 5.91 Å². The second-order valence-electron chi connectivity index (χ2n) is 12.1. The number of carbonyl (C=O) groups excluding carboxylic acids is 1. The van der Waals surface area contributed by atoms with Gasteiger partial charge in [-0.15, -0.1) is 12.4 Å². The highest BCUT2D eigenvalue weighted by molar-refractivity contribution is 5.94. The van der Waals surface area contributed by atoms with Crippen LogP contribution in [0.25, 0.3) is 0 Å². The van der Waals surface area contributed by atoms with Gasteiger partial charge in [0.1, 0.15) is 5.75 Å². The summed E-state index contributed by atoms with van der Waals surface area (Å²) in [6.45, 7) is 2.44. The van der Waals surface area contributed by atoms with E-state index >= 15 is 0 Å². The van der Waals surface area contributed by atoms with Crippen LogP contribution in [0.15, 0.2) is 48.5 Å². The second kappa shape index (κ2) is 8.24. The van der Waals surface area contributed by atoms with E-state index in [1.807, 2.05) is 43.4 Å². The van der Waals surface area contributed by atoms with Crippen molar-refractivity contribution in [1.82, 2.24) is 9.80 Å². The van der Waals surface area contributed by atoms with Crippen molar-refractivity contribution in [3.63, 3.8) is 0 Å². The van der Waals surface area contributed by atoms with Crippen LogP contribution in [0.3, 0.4) is 0 Å².